The van der Waals surface area contributed by atoms with E-state index in [0.717, 1.165) is 5.56 Å². The van der Waals surface area contributed by atoms with Gasteiger partial charge in [-0.05, 0) is 23.6 Å². The fourth-order valence-electron chi connectivity index (χ4n) is 1.85. The van der Waals surface area contributed by atoms with Crippen molar-refractivity contribution < 1.29 is 9.59 Å². The monoisotopic (exact) mass is 344 g/mol. The lowest BCUT2D eigenvalue weighted by atomic mass is 10.1. The molecule has 2 amide bonds. The summed E-state index contributed by atoms with van der Waals surface area (Å²) in [5, 5.41) is 5.91. The highest BCUT2D eigenvalue weighted by molar-refractivity contribution is 9.10. The number of nitrogens with one attached hydrogen (secondary N) is 2. The summed E-state index contributed by atoms with van der Waals surface area (Å²) in [6.45, 7) is 3.90. The highest BCUT2D eigenvalue weighted by Crippen LogP contribution is 2.33. The van der Waals surface area contributed by atoms with Crippen molar-refractivity contribution in [2.45, 2.75) is 25.1 Å². The third-order valence-electron chi connectivity index (χ3n) is 2.91. The molecule has 0 saturated heterocycles. The van der Waals surface area contributed by atoms with E-state index in [-0.39, 0.29) is 22.6 Å². The van der Waals surface area contributed by atoms with Gasteiger partial charge in [0.1, 0.15) is 0 Å². The Balaban J connectivity index is 2.20. The van der Waals surface area contributed by atoms with Crippen LogP contribution in [0, 0.1) is 5.92 Å². The standard InChI is InChI=1S/C13H14BrClN2O2/c1-6(2)12(14)13(19)17-10-3-7-4-11(18)16-9(7)5-8(10)15/h3,5-6,12H,4H2,1-2H3,(H,16,18)(H,17,19). The Hall–Kier alpha value is -1.07. The quantitative estimate of drug-likeness (QED) is 0.827. The zero-order valence-electron chi connectivity index (χ0n) is 10.6. The van der Waals surface area contributed by atoms with E-state index in [9.17, 15) is 9.59 Å². The average molecular weight is 346 g/mol. The van der Waals surface area contributed by atoms with E-state index in [2.05, 4.69) is 26.6 Å². The highest BCUT2D eigenvalue weighted by Gasteiger charge is 2.23. The van der Waals surface area contributed by atoms with Crippen LogP contribution in [0.5, 0.6) is 0 Å². The van der Waals surface area contributed by atoms with E-state index in [1.807, 2.05) is 13.8 Å². The second kappa shape index (κ2) is 5.51. The minimum Gasteiger partial charge on any atom is -0.325 e. The molecular weight excluding hydrogens is 332 g/mol. The van der Waals surface area contributed by atoms with Gasteiger partial charge in [-0.3, -0.25) is 9.59 Å². The minimum atomic E-state index is -0.281. The van der Waals surface area contributed by atoms with Crippen molar-refractivity contribution in [3.8, 4) is 0 Å². The summed E-state index contributed by atoms with van der Waals surface area (Å²) in [7, 11) is 0. The van der Waals surface area contributed by atoms with Gasteiger partial charge in [0, 0.05) is 5.69 Å². The number of fused-ring (bicyclic) bond motifs is 1. The van der Waals surface area contributed by atoms with E-state index in [0.29, 0.717) is 22.8 Å². The molecule has 0 radical (unpaired) electrons. The number of hydrogen-bond acceptors (Lipinski definition) is 2. The van der Waals surface area contributed by atoms with Crippen molar-refractivity contribution in [3.63, 3.8) is 0 Å². The van der Waals surface area contributed by atoms with Crippen LogP contribution >= 0.6 is 27.5 Å². The van der Waals surface area contributed by atoms with Crippen LogP contribution in [0.2, 0.25) is 5.02 Å². The van der Waals surface area contributed by atoms with Crippen LogP contribution in [0.4, 0.5) is 11.4 Å². The average Bonchev–Trinajstić information content (AvgIpc) is 2.67. The van der Waals surface area contributed by atoms with Gasteiger partial charge in [0.15, 0.2) is 0 Å². The van der Waals surface area contributed by atoms with E-state index >= 15 is 0 Å². The van der Waals surface area contributed by atoms with Crippen molar-refractivity contribution in [3.05, 3.63) is 22.7 Å². The van der Waals surface area contributed by atoms with Gasteiger partial charge in [0.2, 0.25) is 11.8 Å². The van der Waals surface area contributed by atoms with Gasteiger partial charge < -0.3 is 10.6 Å². The fraction of sp³-hybridized carbons (Fsp3) is 0.385. The molecule has 1 heterocycles. The van der Waals surface area contributed by atoms with E-state index in [1.54, 1.807) is 12.1 Å². The van der Waals surface area contributed by atoms with Crippen LogP contribution in [-0.2, 0) is 16.0 Å². The molecule has 1 aliphatic rings. The smallest absolute Gasteiger partial charge is 0.238 e. The molecule has 2 rings (SSSR count). The molecule has 0 aromatic heterocycles. The third-order valence-corrected chi connectivity index (χ3v) is 4.70. The summed E-state index contributed by atoms with van der Waals surface area (Å²) in [5.41, 5.74) is 2.10. The number of carbonyl (C=O) groups is 2. The number of carbonyl (C=O) groups excluding carboxylic acids is 2. The first kappa shape index (κ1) is 14.3. The number of alkyl halides is 1. The predicted molar refractivity (Wildman–Crippen MR) is 80.0 cm³/mol. The molecule has 102 valence electrons. The Bertz CT molecular complexity index is 546. The molecule has 1 aliphatic heterocycles. The maximum Gasteiger partial charge on any atom is 0.238 e. The summed E-state index contributed by atoms with van der Waals surface area (Å²) in [6, 6.07) is 3.41. The first-order valence-electron chi connectivity index (χ1n) is 5.95. The van der Waals surface area contributed by atoms with Crippen LogP contribution < -0.4 is 10.6 Å². The topological polar surface area (TPSA) is 58.2 Å². The Labute approximate surface area is 125 Å². The maximum atomic E-state index is 12.0. The van der Waals surface area contributed by atoms with Crippen LogP contribution in [-0.4, -0.2) is 16.6 Å². The van der Waals surface area contributed by atoms with Crippen LogP contribution in [0.1, 0.15) is 19.4 Å². The van der Waals surface area contributed by atoms with Crippen molar-refractivity contribution >= 4 is 50.7 Å². The Kier molecular flexibility index (Phi) is 4.16. The number of anilines is 2. The van der Waals surface area contributed by atoms with Gasteiger partial charge in [-0.25, -0.2) is 0 Å². The Morgan fingerprint density at radius 3 is 2.79 bits per heavy atom. The van der Waals surface area contributed by atoms with Crippen molar-refractivity contribution in [2.75, 3.05) is 10.6 Å². The van der Waals surface area contributed by atoms with Gasteiger partial charge in [-0.15, -0.1) is 0 Å². The molecule has 1 unspecified atom stereocenters. The number of amides is 2. The second-order valence-corrected chi connectivity index (χ2v) is 6.24. The number of hydrogen-bond donors (Lipinski definition) is 2. The number of rotatable bonds is 3. The van der Waals surface area contributed by atoms with Gasteiger partial charge in [0.05, 0.1) is 22.0 Å². The first-order chi connectivity index (χ1) is 8.88. The molecule has 6 heteroatoms. The van der Waals surface area contributed by atoms with Crippen molar-refractivity contribution in [1.82, 2.24) is 0 Å². The zero-order valence-corrected chi connectivity index (χ0v) is 12.9. The van der Waals surface area contributed by atoms with Gasteiger partial charge >= 0.3 is 0 Å². The predicted octanol–water partition coefficient (Wildman–Crippen LogP) is 3.19. The molecule has 1 aromatic rings. The first-order valence-corrected chi connectivity index (χ1v) is 7.25. The molecular formula is C13H14BrClN2O2. The summed E-state index contributed by atoms with van der Waals surface area (Å²) >= 11 is 9.44. The molecule has 0 bridgehead atoms. The van der Waals surface area contributed by atoms with E-state index < -0.39 is 0 Å². The molecule has 0 fully saturated rings. The van der Waals surface area contributed by atoms with Crippen LogP contribution in [0.25, 0.3) is 0 Å². The molecule has 0 saturated carbocycles. The molecule has 1 atom stereocenters. The third kappa shape index (κ3) is 3.09. The minimum absolute atomic E-state index is 0.0601. The summed E-state index contributed by atoms with van der Waals surface area (Å²) in [6.07, 6.45) is 0.317. The van der Waals surface area contributed by atoms with Gasteiger partial charge in [-0.2, -0.15) is 0 Å². The maximum absolute atomic E-state index is 12.0. The van der Waals surface area contributed by atoms with Gasteiger partial charge in [0.25, 0.3) is 0 Å². The summed E-state index contributed by atoms with van der Waals surface area (Å²) < 4.78 is 0. The van der Waals surface area contributed by atoms with Crippen molar-refractivity contribution in [1.29, 1.82) is 0 Å². The summed E-state index contributed by atoms with van der Waals surface area (Å²) in [4.78, 5) is 23.0. The molecule has 4 nitrogen and oxygen atoms in total. The van der Waals surface area contributed by atoms with Crippen LogP contribution in [0.15, 0.2) is 12.1 Å². The SMILES string of the molecule is CC(C)C(Br)C(=O)Nc1cc2c(cc1Cl)NC(=O)C2. The molecule has 2 N–H and O–H groups in total. The summed E-state index contributed by atoms with van der Waals surface area (Å²) in [5.74, 6) is -0.0272. The lowest BCUT2D eigenvalue weighted by Crippen LogP contribution is -2.27. The largest absolute Gasteiger partial charge is 0.325 e. The second-order valence-electron chi connectivity index (χ2n) is 4.85. The fourth-order valence-corrected chi connectivity index (χ4v) is 2.17. The lowest BCUT2D eigenvalue weighted by molar-refractivity contribution is -0.116. The number of halogens is 2. The van der Waals surface area contributed by atoms with Crippen LogP contribution in [0.3, 0.4) is 0 Å². The van der Waals surface area contributed by atoms with E-state index in [4.69, 9.17) is 11.6 Å². The lowest BCUT2D eigenvalue weighted by Gasteiger charge is -2.15. The van der Waals surface area contributed by atoms with Gasteiger partial charge in [-0.1, -0.05) is 41.4 Å². The normalized spacial score (nSPS) is 15.1. The highest BCUT2D eigenvalue weighted by atomic mass is 79.9. The van der Waals surface area contributed by atoms with Crippen molar-refractivity contribution in [2.24, 2.45) is 5.92 Å². The Morgan fingerprint density at radius 1 is 1.47 bits per heavy atom. The Morgan fingerprint density at radius 2 is 2.16 bits per heavy atom. The molecule has 19 heavy (non-hydrogen) atoms. The van der Waals surface area contributed by atoms with E-state index in [1.165, 1.54) is 0 Å². The molecule has 0 spiro atoms. The zero-order chi connectivity index (χ0) is 14.2. The molecule has 1 aromatic carbocycles. The number of benzene rings is 1. The molecule has 0 aliphatic carbocycles.